The summed E-state index contributed by atoms with van der Waals surface area (Å²) in [4.78, 5) is 50.9. The van der Waals surface area contributed by atoms with E-state index in [-0.39, 0.29) is 24.4 Å². The number of nitrogens with one attached hydrogen (secondary N) is 1. The van der Waals surface area contributed by atoms with Gasteiger partial charge in [0.2, 0.25) is 5.91 Å². The summed E-state index contributed by atoms with van der Waals surface area (Å²) in [5.74, 6) is -1.80. The summed E-state index contributed by atoms with van der Waals surface area (Å²) in [7, 11) is 1.47. The summed E-state index contributed by atoms with van der Waals surface area (Å²) in [6, 6.07) is 7.15. The zero-order valence-corrected chi connectivity index (χ0v) is 18.8. The van der Waals surface area contributed by atoms with E-state index in [4.69, 9.17) is 4.74 Å². The van der Waals surface area contributed by atoms with Gasteiger partial charge in [0.15, 0.2) is 6.61 Å². The SMILES string of the molecule is CCN(CC)C(=O)CN(C)C(=O)COC(=O)CNC(=O)c1ccc(C(C)(C)C)cc1. The molecule has 0 unspecified atom stereocenters. The number of hydrogen-bond donors (Lipinski definition) is 1. The third-order valence-corrected chi connectivity index (χ3v) is 4.68. The fourth-order valence-electron chi connectivity index (χ4n) is 2.65. The summed E-state index contributed by atoms with van der Waals surface area (Å²) in [5.41, 5.74) is 1.51. The highest BCUT2D eigenvalue weighted by molar-refractivity contribution is 5.96. The van der Waals surface area contributed by atoms with E-state index in [0.717, 1.165) is 5.56 Å². The molecule has 0 saturated carbocycles. The first kappa shape index (κ1) is 25.1. The van der Waals surface area contributed by atoms with Crippen LogP contribution in [-0.4, -0.2) is 73.3 Å². The molecule has 166 valence electrons. The van der Waals surface area contributed by atoms with Gasteiger partial charge < -0.3 is 19.9 Å². The number of esters is 1. The molecule has 0 spiro atoms. The minimum Gasteiger partial charge on any atom is -0.454 e. The van der Waals surface area contributed by atoms with Crippen LogP contribution in [0.4, 0.5) is 0 Å². The van der Waals surface area contributed by atoms with Crippen LogP contribution in [0, 0.1) is 0 Å². The van der Waals surface area contributed by atoms with Crippen LogP contribution in [0.1, 0.15) is 50.5 Å². The Morgan fingerprint density at radius 3 is 2.03 bits per heavy atom. The van der Waals surface area contributed by atoms with E-state index >= 15 is 0 Å². The first-order chi connectivity index (χ1) is 14.0. The van der Waals surface area contributed by atoms with E-state index in [0.29, 0.717) is 18.7 Å². The van der Waals surface area contributed by atoms with Crippen LogP contribution in [0.25, 0.3) is 0 Å². The van der Waals surface area contributed by atoms with Gasteiger partial charge in [0.05, 0.1) is 6.54 Å². The Balaban J connectivity index is 2.43. The van der Waals surface area contributed by atoms with Crippen LogP contribution in [-0.2, 0) is 24.5 Å². The second-order valence-electron chi connectivity index (χ2n) is 7.99. The first-order valence-corrected chi connectivity index (χ1v) is 10.1. The molecule has 1 aromatic carbocycles. The lowest BCUT2D eigenvalue weighted by Gasteiger charge is -2.23. The van der Waals surface area contributed by atoms with Crippen molar-refractivity contribution in [2.24, 2.45) is 0 Å². The predicted molar refractivity (Wildman–Crippen MR) is 114 cm³/mol. The highest BCUT2D eigenvalue weighted by Crippen LogP contribution is 2.22. The second kappa shape index (κ2) is 11.3. The lowest BCUT2D eigenvalue weighted by molar-refractivity contribution is -0.151. The van der Waals surface area contributed by atoms with Crippen molar-refractivity contribution in [1.82, 2.24) is 15.1 Å². The smallest absolute Gasteiger partial charge is 0.325 e. The van der Waals surface area contributed by atoms with Gasteiger partial charge in [-0.15, -0.1) is 0 Å². The number of carbonyl (C=O) groups excluding carboxylic acids is 4. The summed E-state index contributed by atoms with van der Waals surface area (Å²) < 4.78 is 4.90. The zero-order chi connectivity index (χ0) is 22.9. The Kier molecular flexibility index (Phi) is 9.49. The monoisotopic (exact) mass is 419 g/mol. The molecule has 8 nitrogen and oxygen atoms in total. The van der Waals surface area contributed by atoms with Crippen molar-refractivity contribution >= 4 is 23.7 Å². The molecule has 0 fully saturated rings. The Hall–Kier alpha value is -2.90. The molecule has 1 N–H and O–H groups in total. The quantitative estimate of drug-likeness (QED) is 0.613. The highest BCUT2D eigenvalue weighted by Gasteiger charge is 2.18. The molecule has 0 aliphatic rings. The number of nitrogens with zero attached hydrogens (tertiary/aromatic N) is 2. The van der Waals surface area contributed by atoms with E-state index < -0.39 is 24.4 Å². The van der Waals surface area contributed by atoms with Crippen LogP contribution in [0.5, 0.6) is 0 Å². The molecular formula is C22H33N3O5. The van der Waals surface area contributed by atoms with Crippen LogP contribution in [0.2, 0.25) is 0 Å². The van der Waals surface area contributed by atoms with Crippen molar-refractivity contribution in [2.75, 3.05) is 39.8 Å². The molecule has 0 radical (unpaired) electrons. The molecule has 0 aliphatic heterocycles. The Labute approximate surface area is 178 Å². The van der Waals surface area contributed by atoms with E-state index in [2.05, 4.69) is 26.1 Å². The van der Waals surface area contributed by atoms with E-state index in [1.165, 1.54) is 11.9 Å². The maximum absolute atomic E-state index is 12.2. The summed E-state index contributed by atoms with van der Waals surface area (Å²) in [5, 5.41) is 2.47. The number of likely N-dealkylation sites (N-methyl/N-ethyl adjacent to an activating group) is 2. The largest absolute Gasteiger partial charge is 0.454 e. The average Bonchev–Trinajstić information content (AvgIpc) is 2.70. The van der Waals surface area contributed by atoms with Crippen LogP contribution in [0.15, 0.2) is 24.3 Å². The zero-order valence-electron chi connectivity index (χ0n) is 18.8. The molecule has 0 atom stereocenters. The van der Waals surface area contributed by atoms with Gasteiger partial charge in [-0.1, -0.05) is 32.9 Å². The van der Waals surface area contributed by atoms with Crippen LogP contribution < -0.4 is 5.32 Å². The number of carbonyl (C=O) groups is 4. The van der Waals surface area contributed by atoms with Crippen molar-refractivity contribution in [3.05, 3.63) is 35.4 Å². The van der Waals surface area contributed by atoms with Gasteiger partial charge in [0, 0.05) is 25.7 Å². The topological polar surface area (TPSA) is 96.0 Å². The number of benzene rings is 1. The molecule has 0 heterocycles. The molecule has 3 amide bonds. The average molecular weight is 420 g/mol. The van der Waals surface area contributed by atoms with E-state index in [1.807, 2.05) is 26.0 Å². The van der Waals surface area contributed by atoms with Gasteiger partial charge >= 0.3 is 5.97 Å². The second-order valence-corrected chi connectivity index (χ2v) is 7.99. The van der Waals surface area contributed by atoms with Crippen molar-refractivity contribution in [3.63, 3.8) is 0 Å². The van der Waals surface area contributed by atoms with Crippen molar-refractivity contribution in [3.8, 4) is 0 Å². The van der Waals surface area contributed by atoms with E-state index in [1.54, 1.807) is 17.0 Å². The number of amides is 3. The van der Waals surface area contributed by atoms with Gasteiger partial charge in [-0.05, 0) is 37.0 Å². The predicted octanol–water partition coefficient (Wildman–Crippen LogP) is 1.58. The Morgan fingerprint density at radius 2 is 1.53 bits per heavy atom. The van der Waals surface area contributed by atoms with Crippen molar-refractivity contribution in [2.45, 2.75) is 40.0 Å². The minimum absolute atomic E-state index is 0.0194. The van der Waals surface area contributed by atoms with Gasteiger partial charge in [-0.2, -0.15) is 0 Å². The fourth-order valence-corrected chi connectivity index (χ4v) is 2.65. The highest BCUT2D eigenvalue weighted by atomic mass is 16.5. The normalized spacial score (nSPS) is 10.9. The number of rotatable bonds is 9. The summed E-state index contributed by atoms with van der Waals surface area (Å²) >= 11 is 0. The molecule has 1 rings (SSSR count). The minimum atomic E-state index is -0.730. The molecule has 0 aliphatic carbocycles. The molecule has 1 aromatic rings. The molecule has 0 bridgehead atoms. The first-order valence-electron chi connectivity index (χ1n) is 10.1. The summed E-state index contributed by atoms with van der Waals surface area (Å²) in [6.07, 6.45) is 0. The van der Waals surface area contributed by atoms with Gasteiger partial charge in [0.25, 0.3) is 11.8 Å². The number of hydrogen-bond acceptors (Lipinski definition) is 5. The lowest BCUT2D eigenvalue weighted by Crippen LogP contribution is -2.42. The van der Waals surface area contributed by atoms with Crippen LogP contribution >= 0.6 is 0 Å². The van der Waals surface area contributed by atoms with Crippen molar-refractivity contribution in [1.29, 1.82) is 0 Å². The van der Waals surface area contributed by atoms with E-state index in [9.17, 15) is 19.2 Å². The van der Waals surface area contributed by atoms with Gasteiger partial charge in [-0.3, -0.25) is 19.2 Å². The third-order valence-electron chi connectivity index (χ3n) is 4.68. The Morgan fingerprint density at radius 1 is 0.967 bits per heavy atom. The fraction of sp³-hybridized carbons (Fsp3) is 0.545. The Bertz CT molecular complexity index is 749. The number of ether oxygens (including phenoxy) is 1. The molecule has 0 saturated heterocycles. The standard InChI is InChI=1S/C22H33N3O5/c1-7-25(8-2)18(26)14-24(6)19(27)15-30-20(28)13-23-21(29)16-9-11-17(12-10-16)22(3,4)5/h9-12H,7-8,13-15H2,1-6H3,(H,23,29). The molecular weight excluding hydrogens is 386 g/mol. The van der Waals surface area contributed by atoms with Crippen LogP contribution in [0.3, 0.4) is 0 Å². The molecule has 30 heavy (non-hydrogen) atoms. The van der Waals surface area contributed by atoms with Gasteiger partial charge in [-0.25, -0.2) is 0 Å². The molecule has 8 heteroatoms. The van der Waals surface area contributed by atoms with Gasteiger partial charge in [0.1, 0.15) is 6.54 Å². The lowest BCUT2D eigenvalue weighted by atomic mass is 9.87. The third kappa shape index (κ3) is 7.85. The summed E-state index contributed by atoms with van der Waals surface area (Å²) in [6.45, 7) is 10.2. The molecule has 0 aromatic heterocycles. The maximum atomic E-state index is 12.2. The maximum Gasteiger partial charge on any atom is 0.325 e. The van der Waals surface area contributed by atoms with Crippen molar-refractivity contribution < 1.29 is 23.9 Å².